The smallest absolute Gasteiger partial charge is 0.344 e. The van der Waals surface area contributed by atoms with Crippen LogP contribution in [0, 0.1) is 21.7 Å². The lowest BCUT2D eigenvalue weighted by Gasteiger charge is -2.16. The molecule has 0 aliphatic heterocycles. The first-order valence-electron chi connectivity index (χ1n) is 6.91. The Labute approximate surface area is 136 Å². The number of nitro benzene ring substituents is 1. The molecule has 6 nitrogen and oxygen atoms in total. The van der Waals surface area contributed by atoms with Gasteiger partial charge < -0.3 is 10.1 Å². The zero-order valence-electron chi connectivity index (χ0n) is 12.9. The van der Waals surface area contributed by atoms with Crippen LogP contribution >= 0.6 is 0 Å². The van der Waals surface area contributed by atoms with Crippen molar-refractivity contribution in [3.05, 3.63) is 69.3 Å². The zero-order valence-corrected chi connectivity index (χ0v) is 12.9. The van der Waals surface area contributed by atoms with Crippen molar-refractivity contribution in [3.63, 3.8) is 0 Å². The molecule has 1 N–H and O–H groups in total. The molecule has 126 valence electrons. The molecule has 2 aromatic carbocycles. The third-order valence-electron chi connectivity index (χ3n) is 3.43. The molecule has 0 fully saturated rings. The van der Waals surface area contributed by atoms with Crippen molar-refractivity contribution in [1.82, 2.24) is 0 Å². The van der Waals surface area contributed by atoms with Gasteiger partial charge in [0.2, 0.25) is 0 Å². The number of hydrogen-bond acceptors (Lipinski definition) is 5. The second-order valence-corrected chi connectivity index (χ2v) is 5.02. The number of halogens is 2. The van der Waals surface area contributed by atoms with Gasteiger partial charge in [-0.05, 0) is 36.8 Å². The van der Waals surface area contributed by atoms with Gasteiger partial charge in [0, 0.05) is 17.8 Å². The maximum atomic E-state index is 13.3. The number of carbonyl (C=O) groups excluding carboxylic acids is 1. The Kier molecular flexibility index (Phi) is 5.08. The van der Waals surface area contributed by atoms with Gasteiger partial charge in [-0.1, -0.05) is 6.07 Å². The molecule has 0 saturated carbocycles. The average molecular weight is 336 g/mol. The van der Waals surface area contributed by atoms with E-state index in [0.29, 0.717) is 11.3 Å². The Morgan fingerprint density at radius 1 is 1.21 bits per heavy atom. The van der Waals surface area contributed by atoms with Crippen LogP contribution in [0.15, 0.2) is 36.4 Å². The van der Waals surface area contributed by atoms with E-state index in [1.165, 1.54) is 24.3 Å². The second kappa shape index (κ2) is 7.03. The summed E-state index contributed by atoms with van der Waals surface area (Å²) in [7, 11) is 1.12. The number of ether oxygens (including phenoxy) is 1. The Bertz CT molecular complexity index is 796. The number of methoxy groups -OCH3 is 1. The quantitative estimate of drug-likeness (QED) is 0.510. The van der Waals surface area contributed by atoms with Crippen molar-refractivity contribution in [3.8, 4) is 0 Å². The highest BCUT2D eigenvalue weighted by Gasteiger charge is 2.21. The van der Waals surface area contributed by atoms with Gasteiger partial charge in [0.05, 0.1) is 12.0 Å². The number of carbonyl (C=O) groups is 1. The molecule has 0 bridgehead atoms. The van der Waals surface area contributed by atoms with Crippen molar-refractivity contribution in [2.24, 2.45) is 0 Å². The summed E-state index contributed by atoms with van der Waals surface area (Å²) in [6, 6.07) is 6.93. The van der Waals surface area contributed by atoms with E-state index >= 15 is 0 Å². The van der Waals surface area contributed by atoms with Gasteiger partial charge in [0.25, 0.3) is 5.69 Å². The van der Waals surface area contributed by atoms with E-state index < -0.39 is 28.6 Å². The van der Waals surface area contributed by atoms with E-state index in [-0.39, 0.29) is 11.3 Å². The van der Waals surface area contributed by atoms with Crippen LogP contribution in [0.3, 0.4) is 0 Å². The standard InChI is InChI=1S/C16H14F2N2O4/c1-9(10-3-5-13(17)14(18)7-10)19-11-4-6-15(20(22)23)12(8-11)16(21)24-2/h3-9,19H,1-2H3. The molecular formula is C16H14F2N2O4. The van der Waals surface area contributed by atoms with E-state index in [1.54, 1.807) is 6.92 Å². The maximum absolute atomic E-state index is 13.3. The van der Waals surface area contributed by atoms with E-state index in [4.69, 9.17) is 0 Å². The Balaban J connectivity index is 2.30. The molecule has 0 saturated heterocycles. The highest BCUT2D eigenvalue weighted by Crippen LogP contribution is 2.26. The molecule has 0 heterocycles. The normalized spacial score (nSPS) is 11.7. The number of nitro groups is 1. The minimum atomic E-state index is -0.972. The Morgan fingerprint density at radius 2 is 1.92 bits per heavy atom. The van der Waals surface area contributed by atoms with Crippen LogP contribution in [-0.4, -0.2) is 18.0 Å². The van der Waals surface area contributed by atoms with Crippen molar-refractivity contribution in [2.75, 3.05) is 12.4 Å². The fourth-order valence-corrected chi connectivity index (χ4v) is 2.17. The van der Waals surface area contributed by atoms with Gasteiger partial charge in [-0.25, -0.2) is 13.6 Å². The molecule has 1 atom stereocenters. The summed E-state index contributed by atoms with van der Waals surface area (Å²) in [6.45, 7) is 1.70. The largest absolute Gasteiger partial charge is 0.465 e. The predicted octanol–water partition coefficient (Wildman–Crippen LogP) is 3.83. The van der Waals surface area contributed by atoms with Gasteiger partial charge >= 0.3 is 5.97 Å². The fourth-order valence-electron chi connectivity index (χ4n) is 2.17. The number of nitrogens with one attached hydrogen (secondary N) is 1. The minimum Gasteiger partial charge on any atom is -0.465 e. The lowest BCUT2D eigenvalue weighted by Crippen LogP contribution is -2.10. The molecule has 0 aromatic heterocycles. The fraction of sp³-hybridized carbons (Fsp3) is 0.188. The molecule has 0 spiro atoms. The number of benzene rings is 2. The van der Waals surface area contributed by atoms with Crippen LogP contribution in [0.2, 0.25) is 0 Å². The molecule has 1 unspecified atom stereocenters. The first-order valence-corrected chi connectivity index (χ1v) is 6.91. The Hall–Kier alpha value is -3.03. The van der Waals surface area contributed by atoms with Crippen LogP contribution in [0.25, 0.3) is 0 Å². The van der Waals surface area contributed by atoms with Gasteiger partial charge in [-0.3, -0.25) is 10.1 Å². The molecule has 0 aliphatic carbocycles. The molecule has 0 radical (unpaired) electrons. The minimum absolute atomic E-state index is 0.204. The lowest BCUT2D eigenvalue weighted by atomic mass is 10.1. The predicted molar refractivity (Wildman–Crippen MR) is 82.8 cm³/mol. The van der Waals surface area contributed by atoms with Crippen LogP contribution in [-0.2, 0) is 4.74 Å². The highest BCUT2D eigenvalue weighted by atomic mass is 19.2. The number of nitrogens with zero attached hydrogens (tertiary/aromatic N) is 1. The topological polar surface area (TPSA) is 81.5 Å². The third kappa shape index (κ3) is 3.65. The van der Waals surface area contributed by atoms with E-state index in [9.17, 15) is 23.7 Å². The summed E-state index contributed by atoms with van der Waals surface area (Å²) in [5.41, 5.74) is 0.294. The summed E-state index contributed by atoms with van der Waals surface area (Å²) >= 11 is 0. The molecule has 0 amide bonds. The molecule has 2 rings (SSSR count). The van der Waals surface area contributed by atoms with Gasteiger partial charge in [0.15, 0.2) is 11.6 Å². The maximum Gasteiger partial charge on any atom is 0.344 e. The van der Waals surface area contributed by atoms with Crippen LogP contribution in [0.1, 0.15) is 28.9 Å². The molecule has 0 aliphatic rings. The number of esters is 1. The van der Waals surface area contributed by atoms with E-state index in [2.05, 4.69) is 10.1 Å². The first-order chi connectivity index (χ1) is 11.3. The van der Waals surface area contributed by atoms with Gasteiger partial charge in [-0.15, -0.1) is 0 Å². The monoisotopic (exact) mass is 336 g/mol. The second-order valence-electron chi connectivity index (χ2n) is 5.02. The van der Waals surface area contributed by atoms with Crippen LogP contribution in [0.4, 0.5) is 20.2 Å². The number of anilines is 1. The lowest BCUT2D eigenvalue weighted by molar-refractivity contribution is -0.385. The highest BCUT2D eigenvalue weighted by molar-refractivity contribution is 5.95. The SMILES string of the molecule is COC(=O)c1cc(NC(C)c2ccc(F)c(F)c2)ccc1[N+](=O)[O-]. The first kappa shape index (κ1) is 17.3. The number of hydrogen-bond donors (Lipinski definition) is 1. The zero-order chi connectivity index (χ0) is 17.9. The summed E-state index contributed by atoms with van der Waals surface area (Å²) < 4.78 is 30.8. The van der Waals surface area contributed by atoms with E-state index in [0.717, 1.165) is 19.2 Å². The third-order valence-corrected chi connectivity index (χ3v) is 3.43. The van der Waals surface area contributed by atoms with Crippen molar-refractivity contribution in [1.29, 1.82) is 0 Å². The van der Waals surface area contributed by atoms with Crippen LogP contribution < -0.4 is 5.32 Å². The summed E-state index contributed by atoms with van der Waals surface area (Å²) in [6.07, 6.45) is 0. The van der Waals surface area contributed by atoms with Gasteiger partial charge in [-0.2, -0.15) is 0 Å². The molecule has 8 heteroatoms. The van der Waals surface area contributed by atoms with E-state index in [1.807, 2.05) is 0 Å². The Morgan fingerprint density at radius 3 is 2.50 bits per heavy atom. The molecule has 24 heavy (non-hydrogen) atoms. The van der Waals surface area contributed by atoms with Gasteiger partial charge in [0.1, 0.15) is 5.56 Å². The van der Waals surface area contributed by atoms with Crippen molar-refractivity contribution >= 4 is 17.3 Å². The summed E-state index contributed by atoms with van der Waals surface area (Å²) in [4.78, 5) is 22.0. The average Bonchev–Trinajstić information content (AvgIpc) is 2.56. The summed E-state index contributed by atoms with van der Waals surface area (Å²) in [5, 5.41) is 13.9. The molecular weight excluding hydrogens is 322 g/mol. The number of rotatable bonds is 5. The van der Waals surface area contributed by atoms with Crippen molar-refractivity contribution in [2.45, 2.75) is 13.0 Å². The van der Waals surface area contributed by atoms with Crippen LogP contribution in [0.5, 0.6) is 0 Å². The summed E-state index contributed by atoms with van der Waals surface area (Å²) in [5.74, 6) is -2.76. The van der Waals surface area contributed by atoms with Crippen molar-refractivity contribution < 1.29 is 23.2 Å². The molecule has 2 aromatic rings.